The molecule has 1 N–H and O–H groups in total. The van der Waals surface area contributed by atoms with E-state index in [1.807, 2.05) is 37.5 Å². The average molecular weight is 406 g/mol. The molecule has 0 fully saturated rings. The zero-order valence-electron chi connectivity index (χ0n) is 12.5. The van der Waals surface area contributed by atoms with E-state index in [9.17, 15) is 23.8 Å². The van der Waals surface area contributed by atoms with Crippen molar-refractivity contribution in [2.75, 3.05) is 6.61 Å². The summed E-state index contributed by atoms with van der Waals surface area (Å²) in [4.78, 5) is 35.4. The van der Waals surface area contributed by atoms with Gasteiger partial charge >= 0.3 is 0 Å². The number of pyridine rings is 1. The van der Waals surface area contributed by atoms with Crippen molar-refractivity contribution in [3.05, 3.63) is 30.6 Å². The first kappa shape index (κ1) is 23.0. The summed E-state index contributed by atoms with van der Waals surface area (Å²) >= 11 is 10.0. The van der Waals surface area contributed by atoms with E-state index in [2.05, 4.69) is 9.51 Å². The Balaban J connectivity index is 0.000000664. The lowest BCUT2D eigenvalue weighted by molar-refractivity contribution is -0.378. The maximum Gasteiger partial charge on any atom is 0.206 e. The minimum Gasteiger partial charge on any atom is -0.808 e. The van der Waals surface area contributed by atoms with Gasteiger partial charge in [0.15, 0.2) is 20.0 Å². The number of aromatic amines is 1. The van der Waals surface area contributed by atoms with Crippen LogP contribution in [0.2, 0.25) is 0 Å². The van der Waals surface area contributed by atoms with Crippen molar-refractivity contribution < 1.29 is 33.3 Å². The topological polar surface area (TPSA) is 127 Å². The number of nitrogens with one attached hydrogen (secondary N) is 1. The first-order chi connectivity index (χ1) is 10.6. The van der Waals surface area contributed by atoms with Crippen LogP contribution >= 0.6 is 38.4 Å². The molecule has 23 heavy (non-hydrogen) atoms. The van der Waals surface area contributed by atoms with E-state index in [4.69, 9.17) is 23.2 Å². The molecule has 0 saturated carbocycles. The van der Waals surface area contributed by atoms with E-state index in [-0.39, 0.29) is 6.61 Å². The number of hydrogen-bond acceptors (Lipinski definition) is 6. The molecule has 134 valence electrons. The predicted octanol–water partition coefficient (Wildman–Crippen LogP) is 1.64. The Kier molecular flexibility index (Phi) is 10.8. The molecule has 0 amide bonds. The van der Waals surface area contributed by atoms with Crippen LogP contribution in [-0.4, -0.2) is 10.4 Å². The molecular formula is C12H19Cl2NO6P2-2. The first-order valence-corrected chi connectivity index (χ1v) is 10.7. The van der Waals surface area contributed by atoms with Gasteiger partial charge in [-0.05, 0) is 14.0 Å². The van der Waals surface area contributed by atoms with Crippen LogP contribution in [0, 0.1) is 0 Å². The van der Waals surface area contributed by atoms with Crippen LogP contribution in [0.4, 0.5) is 0 Å². The van der Waals surface area contributed by atoms with Crippen LogP contribution in [0.3, 0.4) is 0 Å². The minimum absolute atomic E-state index is 0.248. The standard InChI is InChI=1S/C7H16Cl2O6P2.C5H5N/c1-2-3-4-5-6-15-17(13,14)7(8,9)16(10,11)12;1-2-4-6-5-3-1/h2-6H2,1H3,(H,13,14)(H2,10,11,12);1-5H/p-2. The van der Waals surface area contributed by atoms with Crippen molar-refractivity contribution >= 4 is 38.4 Å². The molecule has 0 radical (unpaired) electrons. The lowest BCUT2D eigenvalue weighted by atomic mass is 10.2. The monoisotopic (exact) mass is 405 g/mol. The number of halogens is 2. The number of unbranched alkanes of at least 4 members (excludes halogenated alkanes) is 3. The number of hydrogen-bond donors (Lipinski definition) is 0. The van der Waals surface area contributed by atoms with Gasteiger partial charge in [-0.2, -0.15) is 0 Å². The molecule has 1 aromatic rings. The van der Waals surface area contributed by atoms with Gasteiger partial charge < -0.3 is 28.3 Å². The summed E-state index contributed by atoms with van der Waals surface area (Å²) < 4.78 is 22.8. The largest absolute Gasteiger partial charge is 0.808 e. The molecule has 0 saturated heterocycles. The van der Waals surface area contributed by atoms with Crippen LogP contribution < -0.4 is 19.7 Å². The molecule has 1 rings (SSSR count). The summed E-state index contributed by atoms with van der Waals surface area (Å²) in [7, 11) is -10.9. The SMILES string of the molecule is CCCCCCOP(=O)([O-])C(Cl)(Cl)P(=O)([O-])[O-].c1cc[nH+]cc1. The maximum absolute atomic E-state index is 11.3. The lowest BCUT2D eigenvalue weighted by Gasteiger charge is -2.46. The third kappa shape index (κ3) is 8.62. The smallest absolute Gasteiger partial charge is 0.206 e. The van der Waals surface area contributed by atoms with E-state index in [1.165, 1.54) is 0 Å². The molecule has 0 aliphatic carbocycles. The summed E-state index contributed by atoms with van der Waals surface area (Å²) in [5.74, 6) is 0. The van der Waals surface area contributed by atoms with Crippen LogP contribution in [0.15, 0.2) is 30.6 Å². The molecular weight excluding hydrogens is 387 g/mol. The molecule has 0 aliphatic rings. The van der Waals surface area contributed by atoms with Crippen molar-refractivity contribution in [3.63, 3.8) is 0 Å². The van der Waals surface area contributed by atoms with Gasteiger partial charge in [0.2, 0.25) is 3.82 Å². The fourth-order valence-corrected chi connectivity index (χ4v) is 3.47. The van der Waals surface area contributed by atoms with Gasteiger partial charge in [-0.15, -0.1) is 0 Å². The van der Waals surface area contributed by atoms with Gasteiger partial charge in [-0.1, -0.05) is 55.5 Å². The summed E-state index contributed by atoms with van der Waals surface area (Å²) in [6.45, 7) is 1.72. The number of aromatic nitrogens is 1. The Hall–Kier alpha value is 0.0300. The molecule has 0 aliphatic heterocycles. The summed E-state index contributed by atoms with van der Waals surface area (Å²) in [5.41, 5.74) is 0. The Morgan fingerprint density at radius 3 is 1.96 bits per heavy atom. The molecule has 0 aromatic carbocycles. The van der Waals surface area contributed by atoms with Crippen LogP contribution in [-0.2, 0) is 13.7 Å². The Labute approximate surface area is 145 Å². The van der Waals surface area contributed by atoms with Gasteiger partial charge in [-0.3, -0.25) is 0 Å². The third-order valence-corrected chi connectivity index (χ3v) is 8.32. The maximum atomic E-state index is 11.3. The fourth-order valence-electron chi connectivity index (χ4n) is 1.28. The Morgan fingerprint density at radius 1 is 1.04 bits per heavy atom. The van der Waals surface area contributed by atoms with Crippen molar-refractivity contribution in [1.29, 1.82) is 0 Å². The van der Waals surface area contributed by atoms with E-state index in [0.29, 0.717) is 6.42 Å². The molecule has 0 spiro atoms. The second-order valence-corrected chi connectivity index (χ2v) is 10.8. The van der Waals surface area contributed by atoms with E-state index >= 15 is 0 Å². The molecule has 7 nitrogen and oxygen atoms in total. The lowest BCUT2D eigenvalue weighted by Crippen LogP contribution is -2.34. The highest BCUT2D eigenvalue weighted by Crippen LogP contribution is 2.70. The van der Waals surface area contributed by atoms with Crippen LogP contribution in [0.5, 0.6) is 0 Å². The van der Waals surface area contributed by atoms with Crippen molar-refractivity contribution in [1.82, 2.24) is 0 Å². The highest BCUT2D eigenvalue weighted by molar-refractivity contribution is 7.77. The quantitative estimate of drug-likeness (QED) is 0.367. The molecule has 11 heteroatoms. The Bertz CT molecular complexity index is 499. The van der Waals surface area contributed by atoms with E-state index in [0.717, 1.165) is 19.3 Å². The second-order valence-electron chi connectivity index (χ2n) is 4.48. The first-order valence-electron chi connectivity index (χ1n) is 6.83. The molecule has 1 atom stereocenters. The number of rotatable bonds is 8. The van der Waals surface area contributed by atoms with Gasteiger partial charge in [0.05, 0.1) is 6.61 Å². The molecule has 0 bridgehead atoms. The highest BCUT2D eigenvalue weighted by Gasteiger charge is 2.41. The normalized spacial score (nSPS) is 14.5. The second kappa shape index (κ2) is 10.8. The molecule has 1 heterocycles. The van der Waals surface area contributed by atoms with Gasteiger partial charge in [0.25, 0.3) is 0 Å². The molecule has 1 aromatic heterocycles. The third-order valence-electron chi connectivity index (χ3n) is 2.53. The summed E-state index contributed by atoms with van der Waals surface area (Å²) in [6, 6.07) is 5.86. The van der Waals surface area contributed by atoms with Crippen molar-refractivity contribution in [3.8, 4) is 0 Å². The number of alkyl halides is 2. The highest BCUT2D eigenvalue weighted by atomic mass is 35.5. The minimum atomic E-state index is -5.72. The molecule has 1 unspecified atom stereocenters. The van der Waals surface area contributed by atoms with Crippen LogP contribution in [0.1, 0.15) is 32.6 Å². The van der Waals surface area contributed by atoms with Crippen molar-refractivity contribution in [2.24, 2.45) is 0 Å². The summed E-state index contributed by atoms with van der Waals surface area (Å²) in [6.07, 6.45) is 6.72. The zero-order valence-corrected chi connectivity index (χ0v) is 15.8. The van der Waals surface area contributed by atoms with Gasteiger partial charge in [0, 0.05) is 12.1 Å². The number of H-pyrrole nitrogens is 1. The van der Waals surface area contributed by atoms with Crippen molar-refractivity contribution in [2.45, 2.75) is 36.4 Å². The zero-order chi connectivity index (χ0) is 18.0. The van der Waals surface area contributed by atoms with E-state index in [1.54, 1.807) is 0 Å². The van der Waals surface area contributed by atoms with Gasteiger partial charge in [-0.25, -0.2) is 4.98 Å². The van der Waals surface area contributed by atoms with E-state index < -0.39 is 19.0 Å². The van der Waals surface area contributed by atoms with Gasteiger partial charge in [0.1, 0.15) is 0 Å². The fraction of sp³-hybridized carbons (Fsp3) is 0.583. The summed E-state index contributed by atoms with van der Waals surface area (Å²) in [5, 5.41) is 0. The van der Waals surface area contributed by atoms with Crippen LogP contribution in [0.25, 0.3) is 0 Å². The average Bonchev–Trinajstić information content (AvgIpc) is 2.48. The predicted molar refractivity (Wildman–Crippen MR) is 82.7 cm³/mol. The Morgan fingerprint density at radius 2 is 1.61 bits per heavy atom.